The molecule has 8 heteroatoms. The Balaban J connectivity index is 1.32. The highest BCUT2D eigenvalue weighted by atomic mass is 32.1. The van der Waals surface area contributed by atoms with E-state index in [1.807, 2.05) is 29.8 Å². The van der Waals surface area contributed by atoms with Gasteiger partial charge in [0.25, 0.3) is 0 Å². The van der Waals surface area contributed by atoms with Crippen LogP contribution in [0.3, 0.4) is 0 Å². The summed E-state index contributed by atoms with van der Waals surface area (Å²) in [7, 11) is 0. The summed E-state index contributed by atoms with van der Waals surface area (Å²) in [4.78, 5) is 13.4. The number of H-pyrrole nitrogens is 1. The monoisotopic (exact) mass is 370 g/mol. The Morgan fingerprint density at radius 3 is 3.19 bits per heavy atom. The van der Waals surface area contributed by atoms with Crippen molar-refractivity contribution >= 4 is 17.2 Å². The summed E-state index contributed by atoms with van der Waals surface area (Å²) in [5.41, 5.74) is 3.02. The summed E-state index contributed by atoms with van der Waals surface area (Å²) in [6.45, 7) is 2.73. The maximum atomic E-state index is 12.3. The molecule has 0 aromatic carbocycles. The van der Waals surface area contributed by atoms with Gasteiger partial charge in [-0.1, -0.05) is 6.07 Å². The van der Waals surface area contributed by atoms with Crippen molar-refractivity contribution in [2.24, 2.45) is 0 Å². The number of hydrogen-bond donors (Lipinski definition) is 3. The predicted molar refractivity (Wildman–Crippen MR) is 101 cm³/mol. The Morgan fingerprint density at radius 2 is 2.38 bits per heavy atom. The van der Waals surface area contributed by atoms with Crippen LogP contribution in [0.5, 0.6) is 0 Å². The molecular formula is C18H22N6OS. The quantitative estimate of drug-likeness (QED) is 0.620. The minimum atomic E-state index is -0.0558. The molecule has 26 heavy (non-hydrogen) atoms. The van der Waals surface area contributed by atoms with Crippen LogP contribution in [0, 0.1) is 0 Å². The Labute approximate surface area is 155 Å². The van der Waals surface area contributed by atoms with Gasteiger partial charge in [0.05, 0.1) is 22.5 Å². The molecule has 1 amide bonds. The number of nitrogens with one attached hydrogen (secondary N) is 3. The Hall–Kier alpha value is -2.45. The second kappa shape index (κ2) is 7.84. The Kier molecular flexibility index (Phi) is 5.12. The highest BCUT2D eigenvalue weighted by Gasteiger charge is 2.18. The lowest BCUT2D eigenvalue weighted by molar-refractivity contribution is -0.122. The van der Waals surface area contributed by atoms with E-state index in [-0.39, 0.29) is 12.5 Å². The molecular weight excluding hydrogens is 348 g/mol. The van der Waals surface area contributed by atoms with Gasteiger partial charge in [0.15, 0.2) is 0 Å². The number of nitrogens with zero attached hydrogens (tertiary/aromatic N) is 3. The third kappa shape index (κ3) is 3.86. The second-order valence-corrected chi connectivity index (χ2v) is 7.45. The van der Waals surface area contributed by atoms with Crippen LogP contribution in [0.1, 0.15) is 30.0 Å². The van der Waals surface area contributed by atoms with Gasteiger partial charge < -0.3 is 10.6 Å². The molecule has 1 fully saturated rings. The van der Waals surface area contributed by atoms with Gasteiger partial charge in [0.2, 0.25) is 5.91 Å². The van der Waals surface area contributed by atoms with Gasteiger partial charge >= 0.3 is 0 Å². The maximum absolute atomic E-state index is 12.3. The minimum absolute atomic E-state index is 0.0558. The first-order chi connectivity index (χ1) is 12.8. The molecule has 4 heterocycles. The zero-order valence-electron chi connectivity index (χ0n) is 14.4. The largest absolute Gasteiger partial charge is 0.350 e. The first-order valence-electron chi connectivity index (χ1n) is 8.86. The highest BCUT2D eigenvalue weighted by Crippen LogP contribution is 2.25. The number of thiophene rings is 1. The fraction of sp³-hybridized carbons (Fsp3) is 0.389. The van der Waals surface area contributed by atoms with Crippen LogP contribution in [0.25, 0.3) is 10.6 Å². The van der Waals surface area contributed by atoms with E-state index in [0.717, 1.165) is 41.3 Å². The predicted octanol–water partition coefficient (Wildman–Crippen LogP) is 2.12. The summed E-state index contributed by atoms with van der Waals surface area (Å²) in [6, 6.07) is 6.06. The van der Waals surface area contributed by atoms with Crippen molar-refractivity contribution in [3.05, 3.63) is 47.2 Å². The zero-order valence-corrected chi connectivity index (χ0v) is 15.3. The highest BCUT2D eigenvalue weighted by molar-refractivity contribution is 7.13. The van der Waals surface area contributed by atoms with E-state index in [1.165, 1.54) is 6.42 Å². The van der Waals surface area contributed by atoms with Gasteiger partial charge in [-0.25, -0.2) is 0 Å². The molecule has 0 saturated carbocycles. The number of carbonyl (C=O) groups is 1. The minimum Gasteiger partial charge on any atom is -0.350 e. The van der Waals surface area contributed by atoms with E-state index < -0.39 is 0 Å². The number of piperidine rings is 1. The summed E-state index contributed by atoms with van der Waals surface area (Å²) in [5.74, 6) is 0.395. The number of hydrogen-bond acceptors (Lipinski definition) is 5. The standard InChI is InChI=1S/C18H22N6OS/c25-17(12-24-7-5-15(23-24)13-3-1-6-19-9-13)20-10-14-11-21-22-18(14)16-4-2-8-26-16/h2,4-5,7-8,11,13,19H,1,3,6,9-10,12H2,(H,20,25)(H,21,22). The first kappa shape index (κ1) is 17.0. The topological polar surface area (TPSA) is 87.6 Å². The van der Waals surface area contributed by atoms with Gasteiger partial charge in [0.1, 0.15) is 6.54 Å². The van der Waals surface area contributed by atoms with Gasteiger partial charge in [-0.05, 0) is 36.9 Å². The van der Waals surface area contributed by atoms with Crippen molar-refractivity contribution in [1.82, 2.24) is 30.6 Å². The van der Waals surface area contributed by atoms with Gasteiger partial charge in [-0.15, -0.1) is 11.3 Å². The van der Waals surface area contributed by atoms with Crippen LogP contribution in [-0.4, -0.2) is 39.0 Å². The number of amides is 1. The van der Waals surface area contributed by atoms with Crippen LogP contribution in [0.15, 0.2) is 36.0 Å². The molecule has 3 aromatic heterocycles. The summed E-state index contributed by atoms with van der Waals surface area (Å²) >= 11 is 1.64. The molecule has 1 atom stereocenters. The van der Waals surface area contributed by atoms with Crippen molar-refractivity contribution in [3.8, 4) is 10.6 Å². The SMILES string of the molecule is O=C(Cn1ccc(C2CCCNC2)n1)NCc1cn[nH]c1-c1cccs1. The summed E-state index contributed by atoms with van der Waals surface area (Å²) < 4.78 is 1.72. The molecule has 1 aliphatic rings. The number of aromatic nitrogens is 4. The van der Waals surface area contributed by atoms with Crippen molar-refractivity contribution in [1.29, 1.82) is 0 Å². The summed E-state index contributed by atoms with van der Waals surface area (Å²) in [5, 5.41) is 20.1. The fourth-order valence-electron chi connectivity index (χ4n) is 3.26. The average Bonchev–Trinajstić information content (AvgIpc) is 3.41. The normalized spacial score (nSPS) is 17.3. The molecule has 1 aliphatic heterocycles. The molecule has 7 nitrogen and oxygen atoms in total. The van der Waals surface area contributed by atoms with Crippen LogP contribution >= 0.6 is 11.3 Å². The van der Waals surface area contributed by atoms with Gasteiger partial charge in [-0.2, -0.15) is 10.2 Å². The van der Waals surface area contributed by atoms with Crippen LogP contribution in [0.2, 0.25) is 0 Å². The smallest absolute Gasteiger partial charge is 0.241 e. The van der Waals surface area contributed by atoms with E-state index in [4.69, 9.17) is 0 Å². The molecule has 136 valence electrons. The maximum Gasteiger partial charge on any atom is 0.241 e. The molecule has 0 aliphatic carbocycles. The van der Waals surface area contributed by atoms with Crippen molar-refractivity contribution in [2.75, 3.05) is 13.1 Å². The van der Waals surface area contributed by atoms with Crippen molar-refractivity contribution in [2.45, 2.75) is 31.8 Å². The zero-order chi connectivity index (χ0) is 17.8. The Morgan fingerprint density at radius 1 is 1.42 bits per heavy atom. The van der Waals surface area contributed by atoms with Gasteiger partial charge in [0, 0.05) is 30.8 Å². The van der Waals surface area contributed by atoms with E-state index >= 15 is 0 Å². The van der Waals surface area contributed by atoms with E-state index in [1.54, 1.807) is 22.2 Å². The first-order valence-corrected chi connectivity index (χ1v) is 9.74. The molecule has 4 rings (SSSR count). The van der Waals surface area contributed by atoms with Crippen LogP contribution in [0.4, 0.5) is 0 Å². The molecule has 3 N–H and O–H groups in total. The molecule has 0 bridgehead atoms. The van der Waals surface area contributed by atoms with E-state index in [9.17, 15) is 4.79 Å². The molecule has 1 unspecified atom stereocenters. The van der Waals surface area contributed by atoms with Crippen molar-refractivity contribution < 1.29 is 4.79 Å². The molecule has 0 radical (unpaired) electrons. The Bertz CT molecular complexity index is 847. The number of rotatable bonds is 6. The summed E-state index contributed by atoms with van der Waals surface area (Å²) in [6.07, 6.45) is 5.98. The lowest BCUT2D eigenvalue weighted by Gasteiger charge is -2.20. The lowest BCUT2D eigenvalue weighted by atomic mass is 9.97. The molecule has 0 spiro atoms. The third-order valence-corrected chi connectivity index (χ3v) is 5.53. The molecule has 3 aromatic rings. The number of carbonyl (C=O) groups excluding carboxylic acids is 1. The molecule has 1 saturated heterocycles. The third-order valence-electron chi connectivity index (χ3n) is 4.64. The van der Waals surface area contributed by atoms with Crippen molar-refractivity contribution in [3.63, 3.8) is 0 Å². The van der Waals surface area contributed by atoms with Crippen LogP contribution < -0.4 is 10.6 Å². The average molecular weight is 370 g/mol. The second-order valence-electron chi connectivity index (χ2n) is 6.51. The van der Waals surface area contributed by atoms with E-state index in [2.05, 4.69) is 25.9 Å². The number of aromatic amines is 1. The lowest BCUT2D eigenvalue weighted by Crippen LogP contribution is -2.29. The van der Waals surface area contributed by atoms with Gasteiger partial charge in [-0.3, -0.25) is 14.6 Å². The van der Waals surface area contributed by atoms with Crippen LogP contribution in [-0.2, 0) is 17.9 Å². The fourth-order valence-corrected chi connectivity index (χ4v) is 4.02. The van der Waals surface area contributed by atoms with E-state index in [0.29, 0.717) is 12.5 Å².